The Balaban J connectivity index is 2.64. The second kappa shape index (κ2) is 6.04. The van der Waals surface area contributed by atoms with Crippen LogP contribution in [0.4, 0.5) is 0 Å². The van der Waals surface area contributed by atoms with Crippen molar-refractivity contribution in [3.63, 3.8) is 0 Å². The molecule has 1 aromatic heterocycles. The molecule has 0 spiro atoms. The van der Waals surface area contributed by atoms with Crippen molar-refractivity contribution < 1.29 is 13.9 Å². The van der Waals surface area contributed by atoms with E-state index < -0.39 is 14.4 Å². The van der Waals surface area contributed by atoms with Crippen LogP contribution >= 0.6 is 0 Å². The predicted molar refractivity (Wildman–Crippen MR) is 85.5 cm³/mol. The molecule has 0 aliphatic heterocycles. The number of hydrogen-bond acceptors (Lipinski definition) is 3. The molecule has 1 N–H and O–H groups in total. The van der Waals surface area contributed by atoms with Crippen molar-refractivity contribution in [3.05, 3.63) is 23.2 Å². The third-order valence-corrected chi connectivity index (χ3v) is 8.97. The first kappa shape index (κ1) is 17.5. The van der Waals surface area contributed by atoms with Gasteiger partial charge in [-0.1, -0.05) is 20.8 Å². The van der Waals surface area contributed by atoms with Gasteiger partial charge in [-0.2, -0.15) is 0 Å². The predicted octanol–water partition coefficient (Wildman–Crippen LogP) is 4.73. The summed E-state index contributed by atoms with van der Waals surface area (Å²) in [5.74, 6) is 1.52. The first-order valence-electron chi connectivity index (χ1n) is 7.37. The maximum absolute atomic E-state index is 10.3. The Morgan fingerprint density at radius 2 is 1.85 bits per heavy atom. The maximum Gasteiger partial charge on any atom is 0.192 e. The largest absolute Gasteiger partial charge is 0.463 e. The van der Waals surface area contributed by atoms with Crippen LogP contribution in [-0.4, -0.2) is 19.5 Å². The van der Waals surface area contributed by atoms with E-state index in [2.05, 4.69) is 33.9 Å². The molecule has 0 aromatic carbocycles. The van der Waals surface area contributed by atoms with E-state index in [1.54, 1.807) is 0 Å². The summed E-state index contributed by atoms with van der Waals surface area (Å²) < 4.78 is 11.8. The maximum atomic E-state index is 10.3. The van der Waals surface area contributed by atoms with Crippen LogP contribution in [-0.2, 0) is 4.43 Å². The molecule has 1 rings (SSSR count). The van der Waals surface area contributed by atoms with Crippen LogP contribution in [0.15, 0.2) is 10.5 Å². The summed E-state index contributed by atoms with van der Waals surface area (Å²) in [5, 5.41) is 10.5. The molecule has 1 heterocycles. The summed E-state index contributed by atoms with van der Waals surface area (Å²) in [5.41, 5.74) is 1.08. The Bertz CT molecular complexity index is 424. The quantitative estimate of drug-likeness (QED) is 0.799. The van der Waals surface area contributed by atoms with Crippen molar-refractivity contribution in [2.24, 2.45) is 0 Å². The van der Waals surface area contributed by atoms with Gasteiger partial charge >= 0.3 is 0 Å². The minimum Gasteiger partial charge on any atom is -0.463 e. The molecule has 0 aliphatic rings. The summed E-state index contributed by atoms with van der Waals surface area (Å²) >= 11 is 0. The van der Waals surface area contributed by atoms with Gasteiger partial charge in [0.1, 0.15) is 17.6 Å². The summed E-state index contributed by atoms with van der Waals surface area (Å²) in [6.07, 6.45) is -0.00222. The molecule has 4 heteroatoms. The minimum absolute atomic E-state index is 0.0246. The van der Waals surface area contributed by atoms with E-state index >= 15 is 0 Å². The van der Waals surface area contributed by atoms with Crippen molar-refractivity contribution in [3.8, 4) is 0 Å². The van der Waals surface area contributed by atoms with Crippen LogP contribution in [0.1, 0.15) is 57.3 Å². The van der Waals surface area contributed by atoms with Crippen molar-refractivity contribution >= 4 is 8.32 Å². The third kappa shape index (κ3) is 4.20. The number of aryl methyl sites for hydroxylation is 2. The Morgan fingerprint density at radius 1 is 1.30 bits per heavy atom. The lowest BCUT2D eigenvalue weighted by Crippen LogP contribution is -2.43. The van der Waals surface area contributed by atoms with Gasteiger partial charge in [0.2, 0.25) is 0 Å². The molecule has 1 aromatic rings. The zero-order valence-electron chi connectivity index (χ0n) is 14.2. The van der Waals surface area contributed by atoms with Crippen molar-refractivity contribution in [1.82, 2.24) is 0 Å². The molecule has 0 aliphatic carbocycles. The average molecular weight is 298 g/mol. The van der Waals surface area contributed by atoms with E-state index in [0.29, 0.717) is 12.2 Å². The van der Waals surface area contributed by atoms with Crippen LogP contribution in [0.3, 0.4) is 0 Å². The van der Waals surface area contributed by atoms with Crippen LogP contribution < -0.4 is 0 Å². The zero-order chi connectivity index (χ0) is 15.7. The molecule has 0 saturated carbocycles. The Hall–Kier alpha value is -0.583. The van der Waals surface area contributed by atoms with Gasteiger partial charge < -0.3 is 13.9 Å². The van der Waals surface area contributed by atoms with Gasteiger partial charge in [-0.15, -0.1) is 0 Å². The summed E-state index contributed by atoms with van der Waals surface area (Å²) in [6, 6.07) is 1.92. The average Bonchev–Trinajstić information content (AvgIpc) is 2.56. The monoisotopic (exact) mass is 298 g/mol. The van der Waals surface area contributed by atoms with Crippen LogP contribution in [0.2, 0.25) is 18.1 Å². The lowest BCUT2D eigenvalue weighted by molar-refractivity contribution is 0.0802. The molecular weight excluding hydrogens is 268 g/mol. The third-order valence-electron chi connectivity index (χ3n) is 4.37. The smallest absolute Gasteiger partial charge is 0.192 e. The summed E-state index contributed by atoms with van der Waals surface area (Å²) in [6.45, 7) is 17.1. The van der Waals surface area contributed by atoms with E-state index in [0.717, 1.165) is 11.3 Å². The van der Waals surface area contributed by atoms with Gasteiger partial charge in [0.15, 0.2) is 8.32 Å². The van der Waals surface area contributed by atoms with Gasteiger partial charge in [-0.25, -0.2) is 0 Å². The van der Waals surface area contributed by atoms with Crippen LogP contribution in [0.5, 0.6) is 0 Å². The highest BCUT2D eigenvalue weighted by Gasteiger charge is 2.38. The first-order valence-corrected chi connectivity index (χ1v) is 10.3. The van der Waals surface area contributed by atoms with E-state index in [4.69, 9.17) is 8.84 Å². The molecule has 0 saturated heterocycles. The number of hydrogen-bond donors (Lipinski definition) is 1. The van der Waals surface area contributed by atoms with Crippen molar-refractivity contribution in [2.45, 2.75) is 78.3 Å². The molecule has 0 amide bonds. The molecule has 3 nitrogen and oxygen atoms in total. The van der Waals surface area contributed by atoms with E-state index in [1.807, 2.05) is 26.8 Å². The normalized spacial score (nSPS) is 16.2. The molecule has 0 radical (unpaired) electrons. The van der Waals surface area contributed by atoms with E-state index in [1.165, 1.54) is 0 Å². The van der Waals surface area contributed by atoms with Gasteiger partial charge in [-0.3, -0.25) is 0 Å². The molecular formula is C16H30O3Si. The van der Waals surface area contributed by atoms with Crippen LogP contribution in [0.25, 0.3) is 0 Å². The number of aliphatic hydroxyl groups excluding tert-OH is 1. The molecule has 0 unspecified atom stereocenters. The Morgan fingerprint density at radius 3 is 2.25 bits per heavy atom. The summed E-state index contributed by atoms with van der Waals surface area (Å²) in [4.78, 5) is 0. The molecule has 20 heavy (non-hydrogen) atoms. The van der Waals surface area contributed by atoms with Gasteiger partial charge in [0, 0.05) is 12.5 Å². The molecule has 0 fully saturated rings. The topological polar surface area (TPSA) is 42.6 Å². The van der Waals surface area contributed by atoms with Gasteiger partial charge in [0.05, 0.1) is 0 Å². The highest BCUT2D eigenvalue weighted by atomic mass is 28.4. The second-order valence-corrected chi connectivity index (χ2v) is 12.1. The molecule has 116 valence electrons. The van der Waals surface area contributed by atoms with Gasteiger partial charge in [0.25, 0.3) is 0 Å². The lowest BCUT2D eigenvalue weighted by Gasteiger charge is -2.38. The fourth-order valence-corrected chi connectivity index (χ4v) is 3.38. The second-order valence-electron chi connectivity index (χ2n) is 7.33. The van der Waals surface area contributed by atoms with Crippen LogP contribution in [0, 0.1) is 13.8 Å². The van der Waals surface area contributed by atoms with E-state index in [-0.39, 0.29) is 11.1 Å². The zero-order valence-corrected chi connectivity index (χ0v) is 15.2. The Labute approximate surface area is 124 Å². The fraction of sp³-hybridized carbons (Fsp3) is 0.750. The van der Waals surface area contributed by atoms with Gasteiger partial charge in [-0.05, 0) is 50.5 Å². The van der Waals surface area contributed by atoms with E-state index in [9.17, 15) is 5.11 Å². The molecule has 2 atom stereocenters. The number of rotatable bonds is 5. The van der Waals surface area contributed by atoms with Crippen molar-refractivity contribution in [2.75, 3.05) is 0 Å². The first-order chi connectivity index (χ1) is 8.94. The fourth-order valence-electron chi connectivity index (χ4n) is 1.92. The molecule has 0 bridgehead atoms. The van der Waals surface area contributed by atoms with Crippen molar-refractivity contribution in [1.29, 1.82) is 0 Å². The highest BCUT2D eigenvalue weighted by Crippen LogP contribution is 2.38. The number of furan rings is 1. The standard InChI is InChI=1S/C16H30O3Si/c1-11-9-15(18-13(11)3)14(17)10-12(2)19-20(7,8)16(4,5)6/h9,12,14,17H,10H2,1-8H3/t12-,14-/m0/s1. The number of aliphatic hydroxyl groups is 1. The SMILES string of the molecule is Cc1cc([C@@H](O)C[C@H](C)O[Si](C)(C)C(C)(C)C)oc1C. The Kier molecular flexibility index (Phi) is 5.27. The lowest BCUT2D eigenvalue weighted by atomic mass is 10.1. The minimum atomic E-state index is -1.78. The highest BCUT2D eigenvalue weighted by molar-refractivity contribution is 6.74. The summed E-state index contributed by atoms with van der Waals surface area (Å²) in [7, 11) is -1.78.